The van der Waals surface area contributed by atoms with Crippen LogP contribution in [-0.4, -0.2) is 17.6 Å². The van der Waals surface area contributed by atoms with Crippen LogP contribution < -0.4 is 5.73 Å². The summed E-state index contributed by atoms with van der Waals surface area (Å²) in [5.74, 6) is 0. The molecule has 0 fully saturated rings. The van der Waals surface area contributed by atoms with Crippen molar-refractivity contribution in [1.29, 1.82) is 0 Å². The molecule has 84 valence electrons. The highest BCUT2D eigenvalue weighted by Gasteiger charge is 2.19. The smallest absolute Gasteiger partial charge is 0.114 e. The molecule has 0 aliphatic heterocycles. The summed E-state index contributed by atoms with van der Waals surface area (Å²) in [5, 5.41) is 0. The van der Waals surface area contributed by atoms with Gasteiger partial charge in [-0.25, -0.2) is 0 Å². The van der Waals surface area contributed by atoms with Gasteiger partial charge in [-0.3, -0.25) is 4.98 Å². The number of rotatable bonds is 6. The highest BCUT2D eigenvalue weighted by Crippen LogP contribution is 2.19. The molecule has 1 aromatic heterocycles. The van der Waals surface area contributed by atoms with Crippen LogP contribution in [0, 0.1) is 0 Å². The second-order valence-electron chi connectivity index (χ2n) is 3.62. The van der Waals surface area contributed by atoms with Gasteiger partial charge in [0.1, 0.15) is 6.10 Å². The SMILES string of the molecule is CCCOC(c1ccccn1)C(N)CC. The number of nitrogens with zero attached hydrogens (tertiary/aromatic N) is 1. The van der Waals surface area contributed by atoms with E-state index in [9.17, 15) is 0 Å². The molecular formula is C12H20N2O. The van der Waals surface area contributed by atoms with Gasteiger partial charge in [-0.15, -0.1) is 0 Å². The maximum atomic E-state index is 6.03. The van der Waals surface area contributed by atoms with Crippen LogP contribution in [0.4, 0.5) is 0 Å². The molecule has 2 N–H and O–H groups in total. The highest BCUT2D eigenvalue weighted by atomic mass is 16.5. The van der Waals surface area contributed by atoms with Crippen LogP contribution in [0.3, 0.4) is 0 Å². The first-order chi connectivity index (χ1) is 7.29. The van der Waals surface area contributed by atoms with Crippen molar-refractivity contribution < 1.29 is 4.74 Å². The van der Waals surface area contributed by atoms with Crippen LogP contribution >= 0.6 is 0 Å². The van der Waals surface area contributed by atoms with Crippen molar-refractivity contribution in [3.05, 3.63) is 30.1 Å². The van der Waals surface area contributed by atoms with Crippen LogP contribution in [0.2, 0.25) is 0 Å². The Morgan fingerprint density at radius 1 is 1.40 bits per heavy atom. The van der Waals surface area contributed by atoms with Crippen molar-refractivity contribution >= 4 is 0 Å². The number of nitrogens with two attached hydrogens (primary N) is 1. The van der Waals surface area contributed by atoms with Crippen molar-refractivity contribution in [3.8, 4) is 0 Å². The van der Waals surface area contributed by atoms with Gasteiger partial charge in [0.25, 0.3) is 0 Å². The average molecular weight is 208 g/mol. The lowest BCUT2D eigenvalue weighted by atomic mass is 10.1. The Balaban J connectivity index is 2.72. The number of hydrogen-bond donors (Lipinski definition) is 1. The summed E-state index contributed by atoms with van der Waals surface area (Å²) < 4.78 is 5.74. The van der Waals surface area contributed by atoms with E-state index in [4.69, 9.17) is 10.5 Å². The van der Waals surface area contributed by atoms with Gasteiger partial charge in [0.15, 0.2) is 0 Å². The molecule has 0 aliphatic carbocycles. The van der Waals surface area contributed by atoms with Gasteiger partial charge in [-0.2, -0.15) is 0 Å². The minimum Gasteiger partial charge on any atom is -0.370 e. The van der Waals surface area contributed by atoms with E-state index >= 15 is 0 Å². The third-order valence-electron chi connectivity index (χ3n) is 2.34. The summed E-state index contributed by atoms with van der Waals surface area (Å²) in [6.07, 6.45) is 3.60. The first-order valence-electron chi connectivity index (χ1n) is 5.57. The van der Waals surface area contributed by atoms with Crippen LogP contribution in [0.25, 0.3) is 0 Å². The molecule has 0 spiro atoms. The molecule has 3 nitrogen and oxygen atoms in total. The number of hydrogen-bond acceptors (Lipinski definition) is 3. The van der Waals surface area contributed by atoms with Gasteiger partial charge in [-0.1, -0.05) is 19.9 Å². The normalized spacial score (nSPS) is 14.9. The molecule has 1 rings (SSSR count). The Morgan fingerprint density at radius 3 is 2.73 bits per heavy atom. The molecule has 0 bridgehead atoms. The maximum Gasteiger partial charge on any atom is 0.114 e. The summed E-state index contributed by atoms with van der Waals surface area (Å²) in [7, 11) is 0. The molecule has 15 heavy (non-hydrogen) atoms. The van der Waals surface area contributed by atoms with E-state index in [1.165, 1.54) is 0 Å². The molecular weight excluding hydrogens is 188 g/mol. The summed E-state index contributed by atoms with van der Waals surface area (Å²) in [5.41, 5.74) is 6.96. The van der Waals surface area contributed by atoms with Crippen molar-refractivity contribution in [2.24, 2.45) is 5.73 Å². The Hall–Kier alpha value is -0.930. The summed E-state index contributed by atoms with van der Waals surface area (Å²) >= 11 is 0. The summed E-state index contributed by atoms with van der Waals surface area (Å²) in [4.78, 5) is 4.30. The van der Waals surface area contributed by atoms with E-state index in [0.717, 1.165) is 25.1 Å². The Kier molecular flexibility index (Phi) is 5.29. The minimum atomic E-state index is -0.0730. The quantitative estimate of drug-likeness (QED) is 0.780. The largest absolute Gasteiger partial charge is 0.370 e. The lowest BCUT2D eigenvalue weighted by molar-refractivity contribution is 0.0310. The summed E-state index contributed by atoms with van der Waals surface area (Å²) in [6, 6.07) is 5.85. The van der Waals surface area contributed by atoms with Crippen LogP contribution in [-0.2, 0) is 4.74 Å². The fourth-order valence-corrected chi connectivity index (χ4v) is 1.43. The Morgan fingerprint density at radius 2 is 2.20 bits per heavy atom. The third-order valence-corrected chi connectivity index (χ3v) is 2.34. The zero-order valence-electron chi connectivity index (χ0n) is 9.52. The first-order valence-corrected chi connectivity index (χ1v) is 5.57. The van der Waals surface area contributed by atoms with Gasteiger partial charge in [0.05, 0.1) is 5.69 Å². The van der Waals surface area contributed by atoms with Gasteiger partial charge in [0.2, 0.25) is 0 Å². The Labute approximate surface area is 91.7 Å². The fourth-order valence-electron chi connectivity index (χ4n) is 1.43. The molecule has 2 atom stereocenters. The van der Waals surface area contributed by atoms with Crippen molar-refractivity contribution in [3.63, 3.8) is 0 Å². The molecule has 0 saturated carbocycles. The first kappa shape index (κ1) is 12.1. The Bertz CT molecular complexity index is 264. The van der Waals surface area contributed by atoms with E-state index in [-0.39, 0.29) is 12.1 Å². The molecule has 0 aromatic carbocycles. The topological polar surface area (TPSA) is 48.1 Å². The van der Waals surface area contributed by atoms with Crippen molar-refractivity contribution in [2.75, 3.05) is 6.61 Å². The van der Waals surface area contributed by atoms with Crippen LogP contribution in [0.1, 0.15) is 38.5 Å². The second-order valence-corrected chi connectivity index (χ2v) is 3.62. The number of pyridine rings is 1. The van der Waals surface area contributed by atoms with Gasteiger partial charge < -0.3 is 10.5 Å². The van der Waals surface area contributed by atoms with Gasteiger partial charge in [-0.05, 0) is 25.0 Å². The predicted octanol–water partition coefficient (Wildman–Crippen LogP) is 2.29. The van der Waals surface area contributed by atoms with Crippen LogP contribution in [0.5, 0.6) is 0 Å². The lowest BCUT2D eigenvalue weighted by Crippen LogP contribution is -2.30. The maximum absolute atomic E-state index is 6.03. The number of ether oxygens (including phenoxy) is 1. The molecule has 1 aromatic rings. The average Bonchev–Trinajstić information content (AvgIpc) is 2.30. The molecule has 0 radical (unpaired) electrons. The van der Waals surface area contributed by atoms with Crippen molar-refractivity contribution in [2.45, 2.75) is 38.8 Å². The van der Waals surface area contributed by atoms with Gasteiger partial charge in [0, 0.05) is 18.8 Å². The van der Waals surface area contributed by atoms with Crippen molar-refractivity contribution in [1.82, 2.24) is 4.98 Å². The van der Waals surface area contributed by atoms with E-state index in [2.05, 4.69) is 18.8 Å². The fraction of sp³-hybridized carbons (Fsp3) is 0.583. The zero-order valence-corrected chi connectivity index (χ0v) is 9.52. The highest BCUT2D eigenvalue weighted by molar-refractivity contribution is 5.09. The van der Waals surface area contributed by atoms with Gasteiger partial charge >= 0.3 is 0 Å². The molecule has 0 saturated heterocycles. The monoisotopic (exact) mass is 208 g/mol. The molecule has 0 aliphatic rings. The molecule has 0 amide bonds. The zero-order chi connectivity index (χ0) is 11.1. The molecule has 1 heterocycles. The summed E-state index contributed by atoms with van der Waals surface area (Å²) in [6.45, 7) is 4.89. The third kappa shape index (κ3) is 3.61. The molecule has 3 heteroatoms. The molecule has 2 unspecified atom stereocenters. The van der Waals surface area contributed by atoms with E-state index < -0.39 is 0 Å². The van der Waals surface area contributed by atoms with E-state index in [1.807, 2.05) is 18.2 Å². The lowest BCUT2D eigenvalue weighted by Gasteiger charge is -2.22. The standard InChI is InChI=1S/C12H20N2O/c1-3-9-15-12(10(13)4-2)11-7-5-6-8-14-11/h5-8,10,12H,3-4,9,13H2,1-2H3. The van der Waals surface area contributed by atoms with E-state index in [0.29, 0.717) is 0 Å². The van der Waals surface area contributed by atoms with E-state index in [1.54, 1.807) is 6.20 Å². The predicted molar refractivity (Wildman–Crippen MR) is 61.5 cm³/mol. The van der Waals surface area contributed by atoms with Crippen LogP contribution in [0.15, 0.2) is 24.4 Å². The number of aromatic nitrogens is 1. The minimum absolute atomic E-state index is 0.0199. The second kappa shape index (κ2) is 6.53.